The molecule has 1 saturated carbocycles. The number of rotatable bonds is 5. The first-order valence-electron chi connectivity index (χ1n) is 8.67. The normalized spacial score (nSPS) is 13.5. The van der Waals surface area contributed by atoms with Gasteiger partial charge in [-0.25, -0.2) is 4.98 Å². The third-order valence-electron chi connectivity index (χ3n) is 4.63. The Hall–Kier alpha value is -3.15. The van der Waals surface area contributed by atoms with Crippen LogP contribution in [0, 0.1) is 13.8 Å². The van der Waals surface area contributed by atoms with E-state index < -0.39 is 0 Å². The van der Waals surface area contributed by atoms with Gasteiger partial charge in [0.05, 0.1) is 0 Å². The molecule has 0 radical (unpaired) electrons. The zero-order valence-corrected chi connectivity index (χ0v) is 14.7. The second-order valence-electron chi connectivity index (χ2n) is 6.59. The molecule has 1 aliphatic rings. The topological polar surface area (TPSA) is 79.9 Å². The predicted octanol–water partition coefficient (Wildman–Crippen LogP) is 4.34. The molecule has 26 heavy (non-hydrogen) atoms. The van der Waals surface area contributed by atoms with Gasteiger partial charge < -0.3 is 10.1 Å². The molecule has 0 spiro atoms. The van der Waals surface area contributed by atoms with Crippen LogP contribution >= 0.6 is 0 Å². The second-order valence-corrected chi connectivity index (χ2v) is 6.59. The number of anilines is 1. The lowest BCUT2D eigenvalue weighted by molar-refractivity contribution is 0.102. The molecule has 6 heteroatoms. The third kappa shape index (κ3) is 3.31. The summed E-state index contributed by atoms with van der Waals surface area (Å²) in [5.41, 5.74) is 4.07. The minimum atomic E-state index is -0.285. The van der Waals surface area contributed by atoms with Crippen molar-refractivity contribution in [2.75, 3.05) is 5.32 Å². The van der Waals surface area contributed by atoms with Crippen molar-refractivity contribution in [3.63, 3.8) is 0 Å². The fraction of sp³-hybridized carbons (Fsp3) is 0.250. The summed E-state index contributed by atoms with van der Waals surface area (Å²) in [6, 6.07) is 11.2. The maximum Gasteiger partial charge on any atom is 0.276 e. The first-order chi connectivity index (χ1) is 12.6. The van der Waals surface area contributed by atoms with E-state index in [1.54, 1.807) is 18.3 Å². The standard InChI is InChI=1S/C20H20N4O2/c1-12-5-3-7-18(13(12)2)26-20-15(6-4-10-21-20)22-19(25)17-11-16(23-24-17)14-8-9-14/h3-7,10-11,14H,8-9H2,1-2H3,(H,22,25)(H,23,24). The lowest BCUT2D eigenvalue weighted by Crippen LogP contribution is -2.13. The summed E-state index contributed by atoms with van der Waals surface area (Å²) in [7, 11) is 0. The molecule has 1 aliphatic carbocycles. The van der Waals surface area contributed by atoms with Gasteiger partial charge in [-0.1, -0.05) is 12.1 Å². The van der Waals surface area contributed by atoms with Gasteiger partial charge in [0.25, 0.3) is 5.91 Å². The Morgan fingerprint density at radius 3 is 2.88 bits per heavy atom. The highest BCUT2D eigenvalue weighted by Gasteiger charge is 2.26. The van der Waals surface area contributed by atoms with Crippen LogP contribution in [-0.4, -0.2) is 21.1 Å². The van der Waals surface area contributed by atoms with Gasteiger partial charge in [-0.3, -0.25) is 9.89 Å². The van der Waals surface area contributed by atoms with Crippen molar-refractivity contribution in [3.05, 3.63) is 65.1 Å². The number of H-pyrrole nitrogens is 1. The lowest BCUT2D eigenvalue weighted by Gasteiger charge is -2.13. The Bertz CT molecular complexity index is 960. The highest BCUT2D eigenvalue weighted by Crippen LogP contribution is 2.39. The summed E-state index contributed by atoms with van der Waals surface area (Å²) < 4.78 is 5.96. The number of carbonyl (C=O) groups is 1. The zero-order valence-electron chi connectivity index (χ0n) is 14.7. The van der Waals surface area contributed by atoms with Crippen molar-refractivity contribution in [3.8, 4) is 11.6 Å². The van der Waals surface area contributed by atoms with Gasteiger partial charge in [0, 0.05) is 17.8 Å². The largest absolute Gasteiger partial charge is 0.437 e. The first-order valence-corrected chi connectivity index (χ1v) is 8.67. The zero-order chi connectivity index (χ0) is 18.1. The number of nitrogens with zero attached hydrogens (tertiary/aromatic N) is 2. The van der Waals surface area contributed by atoms with Crippen molar-refractivity contribution >= 4 is 11.6 Å². The molecule has 132 valence electrons. The molecule has 3 aromatic rings. The summed E-state index contributed by atoms with van der Waals surface area (Å²) >= 11 is 0. The Balaban J connectivity index is 1.55. The van der Waals surface area contributed by atoms with Crippen molar-refractivity contribution in [2.45, 2.75) is 32.6 Å². The van der Waals surface area contributed by atoms with Crippen LogP contribution in [0.15, 0.2) is 42.6 Å². The van der Waals surface area contributed by atoms with Crippen LogP contribution in [-0.2, 0) is 0 Å². The molecule has 0 bridgehead atoms. The lowest BCUT2D eigenvalue weighted by atomic mass is 10.1. The Kier molecular flexibility index (Phi) is 4.16. The summed E-state index contributed by atoms with van der Waals surface area (Å²) in [4.78, 5) is 16.8. The Labute approximate surface area is 151 Å². The number of hydrogen-bond donors (Lipinski definition) is 2. The van der Waals surface area contributed by atoms with Gasteiger partial charge in [-0.2, -0.15) is 5.10 Å². The van der Waals surface area contributed by atoms with Crippen molar-refractivity contribution in [1.82, 2.24) is 15.2 Å². The molecule has 1 aromatic carbocycles. The summed E-state index contributed by atoms with van der Waals surface area (Å²) in [6.07, 6.45) is 3.94. The first kappa shape index (κ1) is 16.3. The van der Waals surface area contributed by atoms with E-state index in [-0.39, 0.29) is 5.91 Å². The highest BCUT2D eigenvalue weighted by atomic mass is 16.5. The van der Waals surface area contributed by atoms with Gasteiger partial charge in [0.1, 0.15) is 11.4 Å². The van der Waals surface area contributed by atoms with Crippen LogP contribution in [0.3, 0.4) is 0 Å². The molecule has 2 N–H and O–H groups in total. The number of ether oxygens (including phenoxy) is 1. The van der Waals surface area contributed by atoms with Gasteiger partial charge in [-0.05, 0) is 62.1 Å². The number of aromatic nitrogens is 3. The molecule has 0 aliphatic heterocycles. The van der Waals surface area contributed by atoms with Crippen LogP contribution in [0.4, 0.5) is 5.69 Å². The van der Waals surface area contributed by atoms with E-state index in [1.165, 1.54) is 0 Å². The smallest absolute Gasteiger partial charge is 0.276 e. The second kappa shape index (κ2) is 6.63. The molecule has 1 amide bonds. The SMILES string of the molecule is Cc1cccc(Oc2ncccc2NC(=O)c2cc(C3CC3)[nH]n2)c1C. The van der Waals surface area contributed by atoms with E-state index in [0.29, 0.717) is 23.2 Å². The number of aromatic amines is 1. The molecule has 6 nitrogen and oxygen atoms in total. The van der Waals surface area contributed by atoms with E-state index in [9.17, 15) is 4.79 Å². The number of amides is 1. The summed E-state index contributed by atoms with van der Waals surface area (Å²) in [6.45, 7) is 4.02. The predicted molar refractivity (Wildman–Crippen MR) is 98.7 cm³/mol. The average molecular weight is 348 g/mol. The highest BCUT2D eigenvalue weighted by molar-refractivity contribution is 6.03. The minimum absolute atomic E-state index is 0.285. The van der Waals surface area contributed by atoms with Crippen LogP contribution in [0.1, 0.15) is 46.1 Å². The molecule has 0 atom stereocenters. The van der Waals surface area contributed by atoms with Gasteiger partial charge in [0.15, 0.2) is 5.69 Å². The Morgan fingerprint density at radius 2 is 2.08 bits per heavy atom. The van der Waals surface area contributed by atoms with Crippen LogP contribution in [0.5, 0.6) is 11.6 Å². The fourth-order valence-corrected chi connectivity index (χ4v) is 2.75. The molecular weight excluding hydrogens is 328 g/mol. The van der Waals surface area contributed by atoms with Crippen LogP contribution < -0.4 is 10.1 Å². The van der Waals surface area contributed by atoms with Crippen LogP contribution in [0.2, 0.25) is 0 Å². The van der Waals surface area contributed by atoms with E-state index in [2.05, 4.69) is 20.5 Å². The number of nitrogens with one attached hydrogen (secondary N) is 2. The number of hydrogen-bond acceptors (Lipinski definition) is 4. The molecule has 2 heterocycles. The maximum absolute atomic E-state index is 12.5. The molecule has 2 aromatic heterocycles. The molecular formula is C20H20N4O2. The third-order valence-corrected chi connectivity index (χ3v) is 4.63. The number of carbonyl (C=O) groups excluding carboxylic acids is 1. The van der Waals surface area contributed by atoms with E-state index in [4.69, 9.17) is 4.74 Å². The summed E-state index contributed by atoms with van der Waals surface area (Å²) in [5, 5.41) is 9.90. The molecule has 0 unspecified atom stereocenters. The van der Waals surface area contributed by atoms with Gasteiger partial charge in [-0.15, -0.1) is 0 Å². The van der Waals surface area contributed by atoms with E-state index >= 15 is 0 Å². The molecule has 4 rings (SSSR count). The fourth-order valence-electron chi connectivity index (χ4n) is 2.75. The minimum Gasteiger partial charge on any atom is -0.437 e. The van der Waals surface area contributed by atoms with Crippen molar-refractivity contribution < 1.29 is 9.53 Å². The maximum atomic E-state index is 12.5. The number of pyridine rings is 1. The van der Waals surface area contributed by atoms with Crippen molar-refractivity contribution in [2.24, 2.45) is 0 Å². The van der Waals surface area contributed by atoms with E-state index in [0.717, 1.165) is 35.4 Å². The molecule has 0 saturated heterocycles. The quantitative estimate of drug-likeness (QED) is 0.718. The van der Waals surface area contributed by atoms with E-state index in [1.807, 2.05) is 38.1 Å². The van der Waals surface area contributed by atoms with Crippen molar-refractivity contribution in [1.29, 1.82) is 0 Å². The van der Waals surface area contributed by atoms with Gasteiger partial charge in [0.2, 0.25) is 5.88 Å². The Morgan fingerprint density at radius 1 is 1.23 bits per heavy atom. The van der Waals surface area contributed by atoms with Crippen LogP contribution in [0.25, 0.3) is 0 Å². The number of benzene rings is 1. The van der Waals surface area contributed by atoms with Gasteiger partial charge >= 0.3 is 0 Å². The average Bonchev–Trinajstić information content (AvgIpc) is 3.37. The number of aryl methyl sites for hydroxylation is 1. The monoisotopic (exact) mass is 348 g/mol. The summed E-state index contributed by atoms with van der Waals surface area (Å²) in [5.74, 6) is 1.31. The molecule has 1 fully saturated rings.